The van der Waals surface area contributed by atoms with Crippen molar-refractivity contribution < 1.29 is 14.2 Å². The Hall–Kier alpha value is -1.13. The Balaban J connectivity index is 3.27. The van der Waals surface area contributed by atoms with E-state index in [9.17, 15) is 9.50 Å². The second kappa shape index (κ2) is 3.94. The smallest absolute Gasteiger partial charge is 0.165 e. The van der Waals surface area contributed by atoms with Gasteiger partial charge in [-0.25, -0.2) is 4.39 Å². The van der Waals surface area contributed by atoms with Crippen LogP contribution in [0.15, 0.2) is 18.2 Å². The largest absolute Gasteiger partial charge is 0.493 e. The van der Waals surface area contributed by atoms with Crippen LogP contribution in [0.4, 0.5) is 4.39 Å². The lowest BCUT2D eigenvalue weighted by molar-refractivity contribution is 0.0634. The highest BCUT2D eigenvalue weighted by Gasteiger charge is 2.26. The van der Waals surface area contributed by atoms with Gasteiger partial charge in [-0.05, 0) is 13.0 Å². The Bertz CT molecular complexity index is 326. The zero-order valence-corrected chi connectivity index (χ0v) is 8.25. The number of ether oxygens (including phenoxy) is 1. The quantitative estimate of drug-likeness (QED) is 0.763. The third-order valence-corrected chi connectivity index (χ3v) is 2.15. The van der Waals surface area contributed by atoms with Gasteiger partial charge in [0.1, 0.15) is 5.60 Å². The van der Waals surface area contributed by atoms with E-state index in [-0.39, 0.29) is 12.3 Å². The van der Waals surface area contributed by atoms with Gasteiger partial charge in [0.05, 0.1) is 7.11 Å². The minimum atomic E-state index is -1.27. The first-order chi connectivity index (χ1) is 6.53. The van der Waals surface area contributed by atoms with Crippen molar-refractivity contribution in [3.63, 3.8) is 0 Å². The molecular weight excluding hydrogens is 185 g/mol. The van der Waals surface area contributed by atoms with Crippen LogP contribution in [0.25, 0.3) is 0 Å². The number of methoxy groups -OCH3 is 1. The van der Waals surface area contributed by atoms with Crippen LogP contribution < -0.4 is 10.5 Å². The molecule has 0 bridgehead atoms. The van der Waals surface area contributed by atoms with Crippen LogP contribution in [0, 0.1) is 5.82 Å². The van der Waals surface area contributed by atoms with Crippen molar-refractivity contribution in [3.8, 4) is 5.75 Å². The van der Waals surface area contributed by atoms with Crippen molar-refractivity contribution in [1.82, 2.24) is 0 Å². The van der Waals surface area contributed by atoms with Crippen molar-refractivity contribution in [2.75, 3.05) is 13.7 Å². The predicted molar refractivity (Wildman–Crippen MR) is 51.6 cm³/mol. The fourth-order valence-electron chi connectivity index (χ4n) is 1.25. The van der Waals surface area contributed by atoms with E-state index in [2.05, 4.69) is 0 Å². The molecule has 0 saturated heterocycles. The molecule has 0 saturated carbocycles. The van der Waals surface area contributed by atoms with Crippen molar-refractivity contribution in [2.24, 2.45) is 5.73 Å². The summed E-state index contributed by atoms with van der Waals surface area (Å²) >= 11 is 0. The minimum Gasteiger partial charge on any atom is -0.493 e. The average molecular weight is 199 g/mol. The van der Waals surface area contributed by atoms with Crippen molar-refractivity contribution in [2.45, 2.75) is 12.5 Å². The molecule has 4 heteroatoms. The summed E-state index contributed by atoms with van der Waals surface area (Å²) in [4.78, 5) is 0. The molecule has 0 fully saturated rings. The van der Waals surface area contributed by atoms with Crippen LogP contribution in [0.2, 0.25) is 0 Å². The maximum atomic E-state index is 13.2. The second-order valence-corrected chi connectivity index (χ2v) is 3.30. The summed E-state index contributed by atoms with van der Waals surface area (Å²) in [6.07, 6.45) is 0. The first kappa shape index (κ1) is 10.9. The van der Waals surface area contributed by atoms with Gasteiger partial charge in [0, 0.05) is 12.1 Å². The molecule has 1 aromatic carbocycles. The topological polar surface area (TPSA) is 55.5 Å². The van der Waals surface area contributed by atoms with Crippen LogP contribution in [0.5, 0.6) is 5.75 Å². The molecule has 0 aliphatic carbocycles. The van der Waals surface area contributed by atoms with Crippen LogP contribution >= 0.6 is 0 Å². The molecule has 0 aliphatic rings. The number of nitrogens with two attached hydrogens (primary N) is 1. The molecule has 0 amide bonds. The molecule has 1 aromatic rings. The summed E-state index contributed by atoms with van der Waals surface area (Å²) in [6.45, 7) is 1.52. The Morgan fingerprint density at radius 2 is 2.21 bits per heavy atom. The zero-order chi connectivity index (χ0) is 10.8. The fraction of sp³-hybridized carbons (Fsp3) is 0.400. The monoisotopic (exact) mass is 199 g/mol. The van der Waals surface area contributed by atoms with Gasteiger partial charge in [-0.15, -0.1) is 0 Å². The molecule has 0 aliphatic heterocycles. The standard InChI is InChI=1S/C10H14FNO2/c1-10(13,6-12)7-4-3-5-8(11)9(7)14-2/h3-5,13H,6,12H2,1-2H3. The molecule has 3 N–H and O–H groups in total. The first-order valence-electron chi connectivity index (χ1n) is 4.28. The number of hydrogen-bond acceptors (Lipinski definition) is 3. The van der Waals surface area contributed by atoms with E-state index in [4.69, 9.17) is 10.5 Å². The maximum absolute atomic E-state index is 13.2. The normalized spacial score (nSPS) is 14.9. The molecular formula is C10H14FNO2. The van der Waals surface area contributed by atoms with E-state index in [1.807, 2.05) is 0 Å². The lowest BCUT2D eigenvalue weighted by Crippen LogP contribution is -2.31. The summed E-state index contributed by atoms with van der Waals surface area (Å²) < 4.78 is 18.1. The molecule has 1 unspecified atom stereocenters. The maximum Gasteiger partial charge on any atom is 0.165 e. The number of aliphatic hydroxyl groups is 1. The van der Waals surface area contributed by atoms with Gasteiger partial charge in [0.2, 0.25) is 0 Å². The van der Waals surface area contributed by atoms with Crippen LogP contribution in [-0.4, -0.2) is 18.8 Å². The van der Waals surface area contributed by atoms with Gasteiger partial charge in [-0.2, -0.15) is 0 Å². The van der Waals surface area contributed by atoms with Crippen molar-refractivity contribution in [1.29, 1.82) is 0 Å². The summed E-state index contributed by atoms with van der Waals surface area (Å²) in [6, 6.07) is 4.38. The SMILES string of the molecule is COc1c(F)cccc1C(C)(O)CN. The Morgan fingerprint density at radius 1 is 1.57 bits per heavy atom. The van der Waals surface area contributed by atoms with Crippen molar-refractivity contribution in [3.05, 3.63) is 29.6 Å². The Kier molecular flexibility index (Phi) is 3.08. The van der Waals surface area contributed by atoms with E-state index in [0.717, 1.165) is 0 Å². The molecule has 14 heavy (non-hydrogen) atoms. The highest BCUT2D eigenvalue weighted by Crippen LogP contribution is 2.31. The summed E-state index contributed by atoms with van der Waals surface area (Å²) in [7, 11) is 1.36. The van der Waals surface area contributed by atoms with E-state index in [1.54, 1.807) is 6.07 Å². The Morgan fingerprint density at radius 3 is 2.71 bits per heavy atom. The molecule has 0 heterocycles. The predicted octanol–water partition coefficient (Wildman–Crippen LogP) is 1.00. The van der Waals surface area contributed by atoms with Gasteiger partial charge >= 0.3 is 0 Å². The molecule has 78 valence electrons. The lowest BCUT2D eigenvalue weighted by atomic mass is 9.95. The highest BCUT2D eigenvalue weighted by atomic mass is 19.1. The number of hydrogen-bond donors (Lipinski definition) is 2. The van der Waals surface area contributed by atoms with Crippen molar-refractivity contribution >= 4 is 0 Å². The molecule has 0 spiro atoms. The van der Waals surface area contributed by atoms with Gasteiger partial charge < -0.3 is 15.6 Å². The number of rotatable bonds is 3. The third kappa shape index (κ3) is 1.86. The molecule has 3 nitrogen and oxygen atoms in total. The Labute approximate surface area is 82.3 Å². The molecule has 0 aromatic heterocycles. The van der Waals surface area contributed by atoms with E-state index >= 15 is 0 Å². The van der Waals surface area contributed by atoms with Gasteiger partial charge in [0.15, 0.2) is 11.6 Å². The highest BCUT2D eigenvalue weighted by molar-refractivity contribution is 5.39. The van der Waals surface area contributed by atoms with E-state index in [1.165, 1.54) is 26.2 Å². The lowest BCUT2D eigenvalue weighted by Gasteiger charge is -2.23. The van der Waals surface area contributed by atoms with Gasteiger partial charge in [-0.3, -0.25) is 0 Å². The molecule has 1 atom stereocenters. The first-order valence-corrected chi connectivity index (χ1v) is 4.28. The zero-order valence-electron chi connectivity index (χ0n) is 8.25. The summed E-state index contributed by atoms with van der Waals surface area (Å²) in [5.41, 5.74) is 4.48. The van der Waals surface area contributed by atoms with Gasteiger partial charge in [0.25, 0.3) is 0 Å². The number of halogens is 1. The number of benzene rings is 1. The van der Waals surface area contributed by atoms with Gasteiger partial charge in [-0.1, -0.05) is 12.1 Å². The summed E-state index contributed by atoms with van der Waals surface area (Å²) in [5, 5.41) is 9.86. The minimum absolute atomic E-state index is 0.00676. The van der Waals surface area contributed by atoms with E-state index < -0.39 is 11.4 Å². The fourth-order valence-corrected chi connectivity index (χ4v) is 1.25. The third-order valence-electron chi connectivity index (χ3n) is 2.15. The second-order valence-electron chi connectivity index (χ2n) is 3.30. The number of para-hydroxylation sites is 1. The molecule has 1 rings (SSSR count). The summed E-state index contributed by atoms with van der Waals surface area (Å²) in [5.74, 6) is -0.457. The average Bonchev–Trinajstić information content (AvgIpc) is 2.17. The van der Waals surface area contributed by atoms with Crippen LogP contribution in [-0.2, 0) is 5.60 Å². The molecule has 0 radical (unpaired) electrons. The van der Waals surface area contributed by atoms with Crippen LogP contribution in [0.1, 0.15) is 12.5 Å². The van der Waals surface area contributed by atoms with Crippen LogP contribution in [0.3, 0.4) is 0 Å². The van der Waals surface area contributed by atoms with E-state index in [0.29, 0.717) is 5.56 Å².